The van der Waals surface area contributed by atoms with Gasteiger partial charge in [0.2, 0.25) is 5.89 Å². The van der Waals surface area contributed by atoms with Gasteiger partial charge in [0.25, 0.3) is 0 Å². The van der Waals surface area contributed by atoms with Crippen LogP contribution in [-0.4, -0.2) is 4.98 Å². The molecule has 3 heteroatoms. The Kier molecular flexibility index (Phi) is 4.21. The van der Waals surface area contributed by atoms with Crippen molar-refractivity contribution in [3.63, 3.8) is 0 Å². The topological polar surface area (TPSA) is 35.3 Å². The van der Waals surface area contributed by atoms with E-state index in [1.165, 1.54) is 22.3 Å². The Balaban J connectivity index is 1.49. The highest BCUT2D eigenvalue weighted by atomic mass is 16.5. The first-order valence-electron chi connectivity index (χ1n) is 13.1. The van der Waals surface area contributed by atoms with Crippen LogP contribution >= 0.6 is 0 Å². The highest BCUT2D eigenvalue weighted by Crippen LogP contribution is 2.61. The van der Waals surface area contributed by atoms with Crippen molar-refractivity contribution in [3.8, 4) is 23.0 Å². The summed E-state index contributed by atoms with van der Waals surface area (Å²) in [7, 11) is 0. The standard InChI is InChI=1S/C35H25NO2/c1-34(2)23-11-3-4-12-24(23)35(26-13-5-8-16-30(26)37-31-17-9-6-14-27(31)35)25-20-19-22(21-28(25)34)33-36-29-15-7-10-18-32(29)38-33/h3-21H,1-2H3. The number of oxazole rings is 1. The largest absolute Gasteiger partial charge is 0.457 e. The van der Waals surface area contributed by atoms with Gasteiger partial charge in [0, 0.05) is 22.1 Å². The molecule has 6 aromatic rings. The Morgan fingerprint density at radius 2 is 1.13 bits per heavy atom. The molecule has 0 radical (unpaired) electrons. The lowest BCUT2D eigenvalue weighted by molar-refractivity contribution is 0.425. The van der Waals surface area contributed by atoms with Crippen molar-refractivity contribution in [3.05, 3.63) is 149 Å². The third-order valence-corrected chi connectivity index (χ3v) is 8.44. The lowest BCUT2D eigenvalue weighted by Crippen LogP contribution is -2.43. The van der Waals surface area contributed by atoms with Crippen LogP contribution in [0.3, 0.4) is 0 Å². The number of benzene rings is 5. The fourth-order valence-corrected chi connectivity index (χ4v) is 6.74. The molecular formula is C35H25NO2. The molecule has 0 N–H and O–H groups in total. The second-order valence-corrected chi connectivity index (χ2v) is 10.8. The van der Waals surface area contributed by atoms with Crippen LogP contribution in [0.25, 0.3) is 22.6 Å². The van der Waals surface area contributed by atoms with E-state index in [0.29, 0.717) is 5.89 Å². The number of hydrogen-bond donors (Lipinski definition) is 0. The summed E-state index contributed by atoms with van der Waals surface area (Å²) in [6.45, 7) is 4.65. The number of ether oxygens (including phenoxy) is 1. The molecule has 3 nitrogen and oxygen atoms in total. The van der Waals surface area contributed by atoms with Crippen LogP contribution in [0.15, 0.2) is 120 Å². The van der Waals surface area contributed by atoms with Crippen molar-refractivity contribution in [2.24, 2.45) is 0 Å². The molecule has 0 bridgehead atoms. The molecular weight excluding hydrogens is 466 g/mol. The van der Waals surface area contributed by atoms with Crippen molar-refractivity contribution in [2.45, 2.75) is 24.7 Å². The smallest absolute Gasteiger partial charge is 0.227 e. The average molecular weight is 492 g/mol. The second kappa shape index (κ2) is 7.45. The van der Waals surface area contributed by atoms with Crippen molar-refractivity contribution in [1.29, 1.82) is 0 Å². The summed E-state index contributed by atoms with van der Waals surface area (Å²) in [4.78, 5) is 4.81. The summed E-state index contributed by atoms with van der Waals surface area (Å²) in [6, 6.07) is 40.5. The molecule has 0 saturated carbocycles. The van der Waals surface area contributed by atoms with E-state index >= 15 is 0 Å². The summed E-state index contributed by atoms with van der Waals surface area (Å²) in [5.74, 6) is 2.44. The van der Waals surface area contributed by atoms with E-state index < -0.39 is 5.41 Å². The Morgan fingerprint density at radius 1 is 0.553 bits per heavy atom. The first kappa shape index (κ1) is 21.5. The molecule has 2 heterocycles. The third kappa shape index (κ3) is 2.66. The molecule has 2 aliphatic rings. The molecule has 0 fully saturated rings. The van der Waals surface area contributed by atoms with Gasteiger partial charge in [-0.1, -0.05) is 92.7 Å². The number of para-hydroxylation sites is 4. The van der Waals surface area contributed by atoms with Gasteiger partial charge in [0.05, 0.1) is 5.41 Å². The van der Waals surface area contributed by atoms with E-state index in [2.05, 4.69) is 105 Å². The minimum Gasteiger partial charge on any atom is -0.457 e. The van der Waals surface area contributed by atoms with Crippen molar-refractivity contribution in [2.75, 3.05) is 0 Å². The predicted molar refractivity (Wildman–Crippen MR) is 150 cm³/mol. The molecule has 1 aliphatic carbocycles. The minimum atomic E-state index is -0.507. The molecule has 182 valence electrons. The predicted octanol–water partition coefficient (Wildman–Crippen LogP) is 8.62. The second-order valence-electron chi connectivity index (χ2n) is 10.8. The molecule has 5 aromatic carbocycles. The van der Waals surface area contributed by atoms with Gasteiger partial charge in [-0.2, -0.15) is 0 Å². The zero-order valence-electron chi connectivity index (χ0n) is 21.2. The maximum atomic E-state index is 6.49. The fourth-order valence-electron chi connectivity index (χ4n) is 6.74. The fraction of sp³-hybridized carbons (Fsp3) is 0.114. The number of hydrogen-bond acceptors (Lipinski definition) is 3. The minimum absolute atomic E-state index is 0.235. The maximum absolute atomic E-state index is 6.49. The van der Waals surface area contributed by atoms with Gasteiger partial charge in [0.15, 0.2) is 5.58 Å². The number of fused-ring (bicyclic) bond motifs is 9. The molecule has 1 aromatic heterocycles. The first-order valence-corrected chi connectivity index (χ1v) is 13.1. The number of rotatable bonds is 1. The SMILES string of the molecule is CC1(C)c2ccccc2C2(c3ccccc3Oc3ccccc32)c2ccc(-c3nc4ccccc4o3)cc21. The summed E-state index contributed by atoms with van der Waals surface area (Å²) in [5.41, 5.74) is 9.39. The van der Waals surface area contributed by atoms with Crippen molar-refractivity contribution >= 4 is 11.1 Å². The van der Waals surface area contributed by atoms with Crippen molar-refractivity contribution in [1.82, 2.24) is 4.98 Å². The summed E-state index contributed by atoms with van der Waals surface area (Å²) < 4.78 is 12.7. The van der Waals surface area contributed by atoms with E-state index in [1.54, 1.807) is 0 Å². The molecule has 0 saturated heterocycles. The van der Waals surface area contributed by atoms with Crippen LogP contribution in [-0.2, 0) is 10.8 Å². The average Bonchev–Trinajstić information content (AvgIpc) is 3.40. The van der Waals surface area contributed by atoms with Crippen LogP contribution in [0.2, 0.25) is 0 Å². The van der Waals surface area contributed by atoms with Gasteiger partial charge in [-0.25, -0.2) is 4.98 Å². The highest BCUT2D eigenvalue weighted by molar-refractivity contribution is 5.79. The highest BCUT2D eigenvalue weighted by Gasteiger charge is 2.52. The molecule has 0 atom stereocenters. The van der Waals surface area contributed by atoms with Crippen LogP contribution in [0.4, 0.5) is 0 Å². The lowest BCUT2D eigenvalue weighted by Gasteiger charge is -2.50. The molecule has 38 heavy (non-hydrogen) atoms. The molecule has 1 aliphatic heterocycles. The summed E-state index contributed by atoms with van der Waals surface area (Å²) >= 11 is 0. The van der Waals surface area contributed by atoms with Crippen LogP contribution < -0.4 is 4.74 Å². The lowest BCUT2D eigenvalue weighted by atomic mass is 9.53. The van der Waals surface area contributed by atoms with Crippen molar-refractivity contribution < 1.29 is 9.15 Å². The summed E-state index contributed by atoms with van der Waals surface area (Å²) in [6.07, 6.45) is 0. The third-order valence-electron chi connectivity index (χ3n) is 8.44. The number of aromatic nitrogens is 1. The van der Waals surface area contributed by atoms with E-state index in [-0.39, 0.29) is 5.41 Å². The van der Waals surface area contributed by atoms with Gasteiger partial charge < -0.3 is 9.15 Å². The molecule has 1 spiro atoms. The van der Waals surface area contributed by atoms with E-state index in [0.717, 1.165) is 39.3 Å². The zero-order valence-corrected chi connectivity index (χ0v) is 21.2. The van der Waals surface area contributed by atoms with E-state index in [9.17, 15) is 0 Å². The zero-order chi connectivity index (χ0) is 25.5. The van der Waals surface area contributed by atoms with Gasteiger partial charge in [-0.15, -0.1) is 0 Å². The maximum Gasteiger partial charge on any atom is 0.227 e. The quantitative estimate of drug-likeness (QED) is 0.231. The van der Waals surface area contributed by atoms with Crippen LogP contribution in [0.1, 0.15) is 47.2 Å². The van der Waals surface area contributed by atoms with Crippen LogP contribution in [0.5, 0.6) is 11.5 Å². The molecule has 8 rings (SSSR count). The van der Waals surface area contributed by atoms with E-state index in [1.807, 2.05) is 24.3 Å². The Bertz CT molecular complexity index is 1820. The summed E-state index contributed by atoms with van der Waals surface area (Å²) in [5, 5.41) is 0. The van der Waals surface area contributed by atoms with Gasteiger partial charge in [-0.05, 0) is 58.7 Å². The van der Waals surface area contributed by atoms with Crippen LogP contribution in [0, 0.1) is 0 Å². The normalized spacial score (nSPS) is 15.7. The van der Waals surface area contributed by atoms with Gasteiger partial charge in [0.1, 0.15) is 17.0 Å². The number of nitrogens with zero attached hydrogens (tertiary/aromatic N) is 1. The molecule has 0 amide bonds. The Hall–Kier alpha value is -4.63. The van der Waals surface area contributed by atoms with Gasteiger partial charge in [-0.3, -0.25) is 0 Å². The van der Waals surface area contributed by atoms with E-state index in [4.69, 9.17) is 14.1 Å². The Morgan fingerprint density at radius 3 is 1.84 bits per heavy atom. The Labute approximate surface area is 221 Å². The monoisotopic (exact) mass is 491 g/mol. The van der Waals surface area contributed by atoms with Gasteiger partial charge >= 0.3 is 0 Å². The first-order chi connectivity index (χ1) is 18.6. The molecule has 0 unspecified atom stereocenters.